The normalized spacial score (nSPS) is 20.1. The van der Waals surface area contributed by atoms with Crippen molar-refractivity contribution in [3.63, 3.8) is 0 Å². The first-order valence-corrected chi connectivity index (χ1v) is 11.2. The lowest BCUT2D eigenvalue weighted by Gasteiger charge is -2.46. The minimum absolute atomic E-state index is 0.0579. The number of methoxy groups -OCH3 is 3. The maximum Gasteiger partial charge on any atom is 0.259 e. The zero-order valence-electron chi connectivity index (χ0n) is 19.1. The molecule has 7 heteroatoms. The van der Waals surface area contributed by atoms with Gasteiger partial charge in [-0.1, -0.05) is 12.1 Å². The molecule has 0 N–H and O–H groups in total. The summed E-state index contributed by atoms with van der Waals surface area (Å²) in [5.74, 6) is 2.14. The molecule has 32 heavy (non-hydrogen) atoms. The monoisotopic (exact) mass is 440 g/mol. The summed E-state index contributed by atoms with van der Waals surface area (Å²) in [6.45, 7) is 2.12. The van der Waals surface area contributed by atoms with E-state index in [2.05, 4.69) is 17.1 Å². The van der Waals surface area contributed by atoms with Crippen LogP contribution in [0.15, 0.2) is 36.4 Å². The van der Waals surface area contributed by atoms with E-state index in [1.165, 1.54) is 12.7 Å². The Morgan fingerprint density at radius 1 is 1.06 bits per heavy atom. The predicted octanol–water partition coefficient (Wildman–Crippen LogP) is 3.75. The van der Waals surface area contributed by atoms with Gasteiger partial charge in [-0.3, -0.25) is 4.79 Å². The van der Waals surface area contributed by atoms with Crippen LogP contribution >= 0.6 is 0 Å². The van der Waals surface area contributed by atoms with Crippen molar-refractivity contribution in [3.05, 3.63) is 47.5 Å². The minimum Gasteiger partial charge on any atom is -0.497 e. The number of likely N-dealkylation sites (tertiary alicyclic amines) is 1. The van der Waals surface area contributed by atoms with Gasteiger partial charge in [0.2, 0.25) is 11.8 Å². The Bertz CT molecular complexity index is 922. The zero-order chi connectivity index (χ0) is 22.6. The molecule has 4 rings (SSSR count). The fraction of sp³-hybridized carbons (Fsp3) is 0.520. The van der Waals surface area contributed by atoms with Crippen molar-refractivity contribution in [2.24, 2.45) is 5.92 Å². The number of carbonyl (C=O) groups is 1. The van der Waals surface area contributed by atoms with Gasteiger partial charge in [0.1, 0.15) is 11.3 Å². The number of benzene rings is 1. The second-order valence-electron chi connectivity index (χ2n) is 8.65. The molecule has 2 fully saturated rings. The van der Waals surface area contributed by atoms with Gasteiger partial charge in [0.15, 0.2) is 0 Å². The van der Waals surface area contributed by atoms with Crippen LogP contribution in [-0.2, 0) is 11.2 Å². The van der Waals surface area contributed by atoms with E-state index in [1.807, 2.05) is 17.0 Å². The molecule has 7 nitrogen and oxygen atoms in total. The third-order valence-electron chi connectivity index (χ3n) is 6.71. The van der Waals surface area contributed by atoms with Crippen LogP contribution in [0.3, 0.4) is 0 Å². The molecular formula is C25H32N2O5. The highest BCUT2D eigenvalue weighted by molar-refractivity contribution is 5.96. The summed E-state index contributed by atoms with van der Waals surface area (Å²) in [5.41, 5.74) is 1.67. The summed E-state index contributed by atoms with van der Waals surface area (Å²) in [7, 11) is 4.75. The van der Waals surface area contributed by atoms with Crippen molar-refractivity contribution in [3.8, 4) is 17.5 Å². The lowest BCUT2D eigenvalue weighted by molar-refractivity contribution is -0.123. The van der Waals surface area contributed by atoms with Crippen molar-refractivity contribution >= 4 is 5.91 Å². The summed E-state index contributed by atoms with van der Waals surface area (Å²) < 4.78 is 22.0. The smallest absolute Gasteiger partial charge is 0.259 e. The van der Waals surface area contributed by atoms with Crippen LogP contribution in [0.1, 0.15) is 41.6 Å². The number of nitrogens with zero attached hydrogens (tertiary/aromatic N) is 2. The van der Waals surface area contributed by atoms with E-state index < -0.39 is 0 Å². The Morgan fingerprint density at radius 2 is 1.81 bits per heavy atom. The molecule has 0 radical (unpaired) electrons. The Kier molecular flexibility index (Phi) is 6.84. The van der Waals surface area contributed by atoms with E-state index in [9.17, 15) is 4.79 Å². The Hall–Kier alpha value is -2.80. The summed E-state index contributed by atoms with van der Waals surface area (Å²) >= 11 is 0. The van der Waals surface area contributed by atoms with Crippen LogP contribution in [0.4, 0.5) is 0 Å². The molecule has 2 saturated heterocycles. The van der Waals surface area contributed by atoms with E-state index in [0.29, 0.717) is 36.3 Å². The van der Waals surface area contributed by atoms with Crippen LogP contribution in [0.5, 0.6) is 17.5 Å². The highest BCUT2D eigenvalue weighted by atomic mass is 16.5. The highest BCUT2D eigenvalue weighted by Gasteiger charge is 2.41. The molecule has 1 aromatic heterocycles. The summed E-state index contributed by atoms with van der Waals surface area (Å²) in [4.78, 5) is 19.2. The molecular weight excluding hydrogens is 408 g/mol. The molecule has 0 bridgehead atoms. The SMILES string of the molecule is COc1ccc(CC2CCOC3(CCN(C(=O)c4ccc(OC)nc4OC)CC3)C2)cc1. The van der Waals surface area contributed by atoms with E-state index in [4.69, 9.17) is 18.9 Å². The number of pyridine rings is 1. The summed E-state index contributed by atoms with van der Waals surface area (Å²) in [6, 6.07) is 11.8. The molecule has 0 saturated carbocycles. The number of hydrogen-bond acceptors (Lipinski definition) is 6. The van der Waals surface area contributed by atoms with Crippen molar-refractivity contribution in [2.75, 3.05) is 41.0 Å². The van der Waals surface area contributed by atoms with Crippen LogP contribution in [-0.4, -0.2) is 62.4 Å². The van der Waals surface area contributed by atoms with Crippen LogP contribution < -0.4 is 14.2 Å². The predicted molar refractivity (Wildman–Crippen MR) is 121 cm³/mol. The molecule has 1 spiro atoms. The van der Waals surface area contributed by atoms with Gasteiger partial charge in [-0.2, -0.15) is 4.98 Å². The molecule has 2 aliphatic heterocycles. The van der Waals surface area contributed by atoms with Gasteiger partial charge < -0.3 is 23.8 Å². The average Bonchev–Trinajstić information content (AvgIpc) is 2.84. The van der Waals surface area contributed by atoms with Crippen molar-refractivity contribution in [1.82, 2.24) is 9.88 Å². The Labute approximate surface area is 189 Å². The first kappa shape index (κ1) is 22.4. The fourth-order valence-corrected chi connectivity index (χ4v) is 4.89. The molecule has 2 aliphatic rings. The van der Waals surface area contributed by atoms with E-state index in [-0.39, 0.29) is 11.5 Å². The molecule has 1 atom stereocenters. The number of ether oxygens (including phenoxy) is 4. The minimum atomic E-state index is -0.131. The Morgan fingerprint density at radius 3 is 2.47 bits per heavy atom. The standard InChI is InChI=1S/C25H32N2O5/c1-29-20-6-4-18(5-7-20)16-19-10-15-32-25(17-19)11-13-27(14-12-25)24(28)21-8-9-22(30-2)26-23(21)31-3/h4-9,19H,10-17H2,1-3H3. The van der Waals surface area contributed by atoms with Gasteiger partial charge in [0, 0.05) is 25.8 Å². The van der Waals surface area contributed by atoms with Gasteiger partial charge in [0.05, 0.1) is 26.9 Å². The maximum absolute atomic E-state index is 13.1. The number of piperidine rings is 1. The van der Waals surface area contributed by atoms with E-state index in [0.717, 1.165) is 44.5 Å². The van der Waals surface area contributed by atoms with Gasteiger partial charge in [-0.15, -0.1) is 0 Å². The van der Waals surface area contributed by atoms with Crippen molar-refractivity contribution in [1.29, 1.82) is 0 Å². The van der Waals surface area contributed by atoms with Gasteiger partial charge in [-0.05, 0) is 61.8 Å². The maximum atomic E-state index is 13.1. The molecule has 2 aromatic rings. The Balaban J connectivity index is 1.37. The first-order valence-electron chi connectivity index (χ1n) is 11.2. The second kappa shape index (κ2) is 9.77. The van der Waals surface area contributed by atoms with Gasteiger partial charge in [-0.25, -0.2) is 0 Å². The first-order chi connectivity index (χ1) is 15.6. The van der Waals surface area contributed by atoms with E-state index in [1.54, 1.807) is 26.4 Å². The fourth-order valence-electron chi connectivity index (χ4n) is 4.89. The largest absolute Gasteiger partial charge is 0.497 e. The highest BCUT2D eigenvalue weighted by Crippen LogP contribution is 2.39. The second-order valence-corrected chi connectivity index (χ2v) is 8.65. The lowest BCUT2D eigenvalue weighted by atomic mass is 9.77. The number of carbonyl (C=O) groups excluding carboxylic acids is 1. The molecule has 1 amide bonds. The zero-order valence-corrected chi connectivity index (χ0v) is 19.1. The lowest BCUT2D eigenvalue weighted by Crippen LogP contribution is -2.51. The summed E-state index contributed by atoms with van der Waals surface area (Å²) in [6.07, 6.45) is 4.86. The molecule has 172 valence electrons. The van der Waals surface area contributed by atoms with Gasteiger partial charge in [0.25, 0.3) is 5.91 Å². The molecule has 0 aliphatic carbocycles. The number of hydrogen-bond donors (Lipinski definition) is 0. The third-order valence-corrected chi connectivity index (χ3v) is 6.71. The topological polar surface area (TPSA) is 70.1 Å². The third kappa shape index (κ3) is 4.83. The van der Waals surface area contributed by atoms with Crippen molar-refractivity contribution in [2.45, 2.75) is 37.7 Å². The van der Waals surface area contributed by atoms with Crippen LogP contribution in [0, 0.1) is 5.92 Å². The van der Waals surface area contributed by atoms with E-state index >= 15 is 0 Å². The molecule has 1 aromatic carbocycles. The number of aromatic nitrogens is 1. The summed E-state index contributed by atoms with van der Waals surface area (Å²) in [5, 5.41) is 0. The van der Waals surface area contributed by atoms with Crippen LogP contribution in [0.2, 0.25) is 0 Å². The quantitative estimate of drug-likeness (QED) is 0.681. The number of amides is 1. The van der Waals surface area contributed by atoms with Gasteiger partial charge >= 0.3 is 0 Å². The van der Waals surface area contributed by atoms with Crippen LogP contribution in [0.25, 0.3) is 0 Å². The van der Waals surface area contributed by atoms with Crippen molar-refractivity contribution < 1.29 is 23.7 Å². The number of rotatable bonds is 6. The average molecular weight is 441 g/mol. The molecule has 3 heterocycles. The molecule has 1 unspecified atom stereocenters.